The van der Waals surface area contributed by atoms with Crippen LogP contribution in [-0.4, -0.2) is 14.4 Å². The molecule has 5 heteroatoms. The van der Waals surface area contributed by atoms with Crippen molar-refractivity contribution in [3.05, 3.63) is 24.3 Å². The molecule has 0 aliphatic heterocycles. The molecule has 1 aliphatic carbocycles. The van der Waals surface area contributed by atoms with Crippen LogP contribution in [0, 0.1) is 0 Å². The number of nitrogens with zero attached hydrogens (tertiary/aromatic N) is 3. The summed E-state index contributed by atoms with van der Waals surface area (Å²) in [6.07, 6.45) is 8.04. The molecule has 4 nitrogen and oxygen atoms in total. The van der Waals surface area contributed by atoms with Crippen LogP contribution in [0.3, 0.4) is 0 Å². The van der Waals surface area contributed by atoms with Gasteiger partial charge in [-0.1, -0.05) is 0 Å². The topological polar surface area (TPSA) is 56.2 Å². The maximum Gasteiger partial charge on any atom is 0.234 e. The van der Waals surface area contributed by atoms with Crippen LogP contribution >= 0.6 is 12.4 Å². The van der Waals surface area contributed by atoms with Gasteiger partial charge in [-0.3, -0.25) is 4.40 Å². The van der Waals surface area contributed by atoms with Gasteiger partial charge in [0.15, 0.2) is 0 Å². The molecule has 0 unspecified atom stereocenters. The van der Waals surface area contributed by atoms with Crippen molar-refractivity contribution in [3.8, 4) is 0 Å². The van der Waals surface area contributed by atoms with Crippen LogP contribution in [0.5, 0.6) is 0 Å². The van der Waals surface area contributed by atoms with Gasteiger partial charge in [0.2, 0.25) is 5.78 Å². The summed E-state index contributed by atoms with van der Waals surface area (Å²) >= 11 is 0. The molecule has 2 N–H and O–H groups in total. The Bertz CT molecular complexity index is 461. The van der Waals surface area contributed by atoms with Crippen LogP contribution < -0.4 is 5.73 Å². The molecule has 2 aromatic rings. The average molecular weight is 211 g/mol. The first kappa shape index (κ1) is 9.27. The third-order valence-electron chi connectivity index (χ3n) is 2.34. The van der Waals surface area contributed by atoms with E-state index in [1.807, 2.05) is 16.8 Å². The molecule has 1 fully saturated rings. The van der Waals surface area contributed by atoms with Crippen molar-refractivity contribution < 1.29 is 0 Å². The zero-order chi connectivity index (χ0) is 8.84. The first-order chi connectivity index (χ1) is 6.33. The Kier molecular flexibility index (Phi) is 2.07. The van der Waals surface area contributed by atoms with Crippen LogP contribution in [0.25, 0.3) is 5.78 Å². The van der Waals surface area contributed by atoms with Crippen molar-refractivity contribution in [2.24, 2.45) is 0 Å². The summed E-state index contributed by atoms with van der Waals surface area (Å²) in [5.41, 5.74) is 7.44. The Morgan fingerprint density at radius 3 is 2.86 bits per heavy atom. The van der Waals surface area contributed by atoms with Crippen molar-refractivity contribution in [3.63, 3.8) is 0 Å². The Balaban J connectivity index is 0.000000750. The number of nitrogens with two attached hydrogens (primary N) is 1. The molecule has 1 saturated carbocycles. The van der Waals surface area contributed by atoms with Gasteiger partial charge in [0.1, 0.15) is 0 Å². The summed E-state index contributed by atoms with van der Waals surface area (Å²) in [7, 11) is 0. The number of imidazole rings is 1. The molecule has 2 heterocycles. The standard InChI is InChI=1S/C9H10N4.ClH/c10-7-3-11-9-12-8(6-1-2-6)5-13(9)4-7;/h3-6H,1-2,10H2;1H. The van der Waals surface area contributed by atoms with Crippen LogP contribution in [0.2, 0.25) is 0 Å². The summed E-state index contributed by atoms with van der Waals surface area (Å²) < 4.78 is 1.89. The minimum atomic E-state index is 0. The zero-order valence-corrected chi connectivity index (χ0v) is 8.37. The lowest BCUT2D eigenvalue weighted by atomic mass is 10.3. The normalized spacial score (nSPS) is 15.4. The second kappa shape index (κ2) is 3.13. The van der Waals surface area contributed by atoms with Crippen LogP contribution in [0.15, 0.2) is 18.6 Å². The minimum absolute atomic E-state index is 0. The molecule has 0 radical (unpaired) electrons. The van der Waals surface area contributed by atoms with Crippen LogP contribution in [0.4, 0.5) is 5.69 Å². The molecule has 0 spiro atoms. The van der Waals surface area contributed by atoms with Gasteiger partial charge >= 0.3 is 0 Å². The van der Waals surface area contributed by atoms with Gasteiger partial charge in [-0.25, -0.2) is 9.97 Å². The van der Waals surface area contributed by atoms with E-state index in [-0.39, 0.29) is 12.4 Å². The third kappa shape index (κ3) is 1.42. The van der Waals surface area contributed by atoms with E-state index in [4.69, 9.17) is 5.73 Å². The lowest BCUT2D eigenvalue weighted by Crippen LogP contribution is -1.91. The molecule has 1 aliphatic rings. The van der Waals surface area contributed by atoms with Crippen molar-refractivity contribution in [2.75, 3.05) is 5.73 Å². The average Bonchev–Trinajstić information content (AvgIpc) is 2.87. The number of nitrogen functional groups attached to an aromatic ring is 1. The van der Waals surface area contributed by atoms with Crippen molar-refractivity contribution >= 4 is 23.9 Å². The largest absolute Gasteiger partial charge is 0.396 e. The quantitative estimate of drug-likeness (QED) is 0.778. The van der Waals surface area contributed by atoms with E-state index in [0.29, 0.717) is 11.6 Å². The molecule has 0 aromatic carbocycles. The molecule has 3 rings (SSSR count). The van der Waals surface area contributed by atoms with E-state index in [1.54, 1.807) is 6.20 Å². The van der Waals surface area contributed by atoms with E-state index in [9.17, 15) is 0 Å². The van der Waals surface area contributed by atoms with Crippen molar-refractivity contribution in [1.82, 2.24) is 14.4 Å². The number of rotatable bonds is 1. The fourth-order valence-electron chi connectivity index (χ4n) is 1.49. The highest BCUT2D eigenvalue weighted by atomic mass is 35.5. The van der Waals surface area contributed by atoms with E-state index < -0.39 is 0 Å². The van der Waals surface area contributed by atoms with Gasteiger partial charge in [-0.2, -0.15) is 0 Å². The summed E-state index contributed by atoms with van der Waals surface area (Å²) in [5, 5.41) is 0. The summed E-state index contributed by atoms with van der Waals surface area (Å²) in [6.45, 7) is 0. The third-order valence-corrected chi connectivity index (χ3v) is 2.34. The monoisotopic (exact) mass is 210 g/mol. The molecule has 74 valence electrons. The van der Waals surface area contributed by atoms with E-state index in [0.717, 1.165) is 11.5 Å². The molecule has 0 saturated heterocycles. The number of anilines is 1. The fourth-order valence-corrected chi connectivity index (χ4v) is 1.49. The predicted octanol–water partition coefficient (Wildman–Crippen LogP) is 1.61. The molecular formula is C9H11ClN4. The maximum absolute atomic E-state index is 5.61. The fraction of sp³-hybridized carbons (Fsp3) is 0.333. The summed E-state index contributed by atoms with van der Waals surface area (Å²) in [6, 6.07) is 0. The summed E-state index contributed by atoms with van der Waals surface area (Å²) in [5.74, 6) is 1.42. The highest BCUT2D eigenvalue weighted by molar-refractivity contribution is 5.85. The Labute approximate surface area is 87.6 Å². The lowest BCUT2D eigenvalue weighted by molar-refractivity contribution is 1.05. The first-order valence-electron chi connectivity index (χ1n) is 4.43. The number of fused-ring (bicyclic) bond motifs is 1. The Morgan fingerprint density at radius 1 is 1.36 bits per heavy atom. The highest BCUT2D eigenvalue weighted by Crippen LogP contribution is 2.39. The van der Waals surface area contributed by atoms with Crippen LogP contribution in [0.1, 0.15) is 24.5 Å². The van der Waals surface area contributed by atoms with Gasteiger partial charge in [-0.15, -0.1) is 12.4 Å². The SMILES string of the molecule is Cl.Nc1cnc2nc(C3CC3)cn2c1. The zero-order valence-electron chi connectivity index (χ0n) is 7.55. The molecule has 0 bridgehead atoms. The molecular weight excluding hydrogens is 200 g/mol. The molecule has 0 amide bonds. The smallest absolute Gasteiger partial charge is 0.234 e. The van der Waals surface area contributed by atoms with Gasteiger partial charge in [-0.05, 0) is 12.8 Å². The number of hydrogen-bond donors (Lipinski definition) is 1. The summed E-state index contributed by atoms with van der Waals surface area (Å²) in [4.78, 5) is 8.55. The Hall–Kier alpha value is -1.29. The number of halogens is 1. The van der Waals surface area contributed by atoms with Crippen molar-refractivity contribution in [2.45, 2.75) is 18.8 Å². The highest BCUT2D eigenvalue weighted by Gasteiger charge is 2.26. The Morgan fingerprint density at radius 2 is 2.14 bits per heavy atom. The molecule has 0 atom stereocenters. The minimum Gasteiger partial charge on any atom is -0.396 e. The molecule has 2 aromatic heterocycles. The predicted molar refractivity (Wildman–Crippen MR) is 56.6 cm³/mol. The van der Waals surface area contributed by atoms with Crippen LogP contribution in [-0.2, 0) is 0 Å². The molecule has 14 heavy (non-hydrogen) atoms. The number of aromatic nitrogens is 3. The second-order valence-electron chi connectivity index (χ2n) is 3.53. The van der Waals surface area contributed by atoms with Gasteiger partial charge in [0.05, 0.1) is 17.6 Å². The van der Waals surface area contributed by atoms with E-state index in [1.165, 1.54) is 12.8 Å². The maximum atomic E-state index is 5.61. The van der Waals surface area contributed by atoms with E-state index in [2.05, 4.69) is 9.97 Å². The van der Waals surface area contributed by atoms with Gasteiger partial charge in [0, 0.05) is 18.3 Å². The lowest BCUT2D eigenvalue weighted by Gasteiger charge is -1.92. The van der Waals surface area contributed by atoms with Crippen molar-refractivity contribution in [1.29, 1.82) is 0 Å². The van der Waals surface area contributed by atoms with E-state index >= 15 is 0 Å². The second-order valence-corrected chi connectivity index (χ2v) is 3.53. The first-order valence-corrected chi connectivity index (χ1v) is 4.43. The van der Waals surface area contributed by atoms with Gasteiger partial charge < -0.3 is 5.73 Å². The number of hydrogen-bond acceptors (Lipinski definition) is 3. The van der Waals surface area contributed by atoms with Gasteiger partial charge in [0.25, 0.3) is 0 Å².